The normalized spacial score (nSPS) is 15.9. The van der Waals surface area contributed by atoms with E-state index in [0.29, 0.717) is 6.04 Å². The summed E-state index contributed by atoms with van der Waals surface area (Å²) in [6, 6.07) is 18.2. The van der Waals surface area contributed by atoms with E-state index in [2.05, 4.69) is 67.3 Å². The first kappa shape index (κ1) is 14.2. The third kappa shape index (κ3) is 2.97. The number of anilines is 2. The fourth-order valence-corrected chi connectivity index (χ4v) is 3.53. The van der Waals surface area contributed by atoms with Crippen molar-refractivity contribution in [2.24, 2.45) is 0 Å². The van der Waals surface area contributed by atoms with Gasteiger partial charge in [0.2, 0.25) is 0 Å². The molecule has 21 heavy (non-hydrogen) atoms. The van der Waals surface area contributed by atoms with Gasteiger partial charge in [-0.2, -0.15) is 0 Å². The molecule has 110 valence electrons. The van der Waals surface area contributed by atoms with Gasteiger partial charge in [0.05, 0.1) is 0 Å². The zero-order valence-corrected chi connectivity index (χ0v) is 13.2. The number of rotatable bonds is 3. The average molecular weight is 279 g/mol. The minimum atomic E-state index is 0.640. The number of hydrogen-bond donors (Lipinski definition) is 0. The first-order valence-electron chi connectivity index (χ1n) is 8.18. The number of nitrogens with zero attached hydrogens (tertiary/aromatic N) is 1. The quantitative estimate of drug-likeness (QED) is 0.689. The maximum Gasteiger partial charge on any atom is 0.0443 e. The zero-order chi connectivity index (χ0) is 14.7. The van der Waals surface area contributed by atoms with Crippen LogP contribution < -0.4 is 4.90 Å². The van der Waals surface area contributed by atoms with Crippen LogP contribution in [-0.2, 0) is 0 Å². The van der Waals surface area contributed by atoms with Crippen LogP contribution in [-0.4, -0.2) is 6.04 Å². The summed E-state index contributed by atoms with van der Waals surface area (Å²) in [5, 5.41) is 0. The predicted molar refractivity (Wildman–Crippen MR) is 91.4 cm³/mol. The Labute approximate surface area is 128 Å². The standard InChI is InChI=1S/C20H25N/c1-16-10-6-8-14-19(16)21(18-12-4-3-5-13-18)20-15-9-7-11-17(20)2/h6-11,14-15,18H,3-5,12-13H2,1-2H3. The molecule has 0 saturated heterocycles. The van der Waals surface area contributed by atoms with Crippen LogP contribution in [0, 0.1) is 13.8 Å². The van der Waals surface area contributed by atoms with Gasteiger partial charge in [-0.25, -0.2) is 0 Å². The van der Waals surface area contributed by atoms with E-state index >= 15 is 0 Å². The van der Waals surface area contributed by atoms with Gasteiger partial charge < -0.3 is 4.90 Å². The van der Waals surface area contributed by atoms with E-state index in [0.717, 1.165) is 0 Å². The number of para-hydroxylation sites is 2. The van der Waals surface area contributed by atoms with E-state index in [9.17, 15) is 0 Å². The second-order valence-electron chi connectivity index (χ2n) is 6.23. The molecule has 1 aliphatic rings. The monoisotopic (exact) mass is 279 g/mol. The fraction of sp³-hybridized carbons (Fsp3) is 0.400. The van der Waals surface area contributed by atoms with E-state index in [1.54, 1.807) is 0 Å². The Kier molecular flexibility index (Phi) is 4.28. The molecule has 0 aromatic heterocycles. The van der Waals surface area contributed by atoms with Gasteiger partial charge in [0.15, 0.2) is 0 Å². The molecule has 2 aromatic rings. The summed E-state index contributed by atoms with van der Waals surface area (Å²) in [7, 11) is 0. The topological polar surface area (TPSA) is 3.24 Å². The Hall–Kier alpha value is -1.76. The van der Waals surface area contributed by atoms with E-state index in [1.807, 2.05) is 0 Å². The van der Waals surface area contributed by atoms with Crippen LogP contribution in [0.5, 0.6) is 0 Å². The summed E-state index contributed by atoms with van der Waals surface area (Å²) in [6.07, 6.45) is 6.73. The molecule has 0 bridgehead atoms. The molecule has 3 rings (SSSR count). The van der Waals surface area contributed by atoms with Gasteiger partial charge in [0.25, 0.3) is 0 Å². The van der Waals surface area contributed by atoms with E-state index in [4.69, 9.17) is 0 Å². The van der Waals surface area contributed by atoms with Crippen LogP contribution in [0.25, 0.3) is 0 Å². The highest BCUT2D eigenvalue weighted by Gasteiger charge is 2.24. The number of hydrogen-bond acceptors (Lipinski definition) is 1. The Morgan fingerprint density at radius 3 is 1.67 bits per heavy atom. The van der Waals surface area contributed by atoms with E-state index < -0.39 is 0 Å². The van der Waals surface area contributed by atoms with Gasteiger partial charge in [-0.05, 0) is 49.9 Å². The molecule has 0 radical (unpaired) electrons. The van der Waals surface area contributed by atoms with Crippen molar-refractivity contribution < 1.29 is 0 Å². The third-order valence-corrected chi connectivity index (χ3v) is 4.69. The van der Waals surface area contributed by atoms with Crippen molar-refractivity contribution in [3.05, 3.63) is 59.7 Å². The molecule has 0 aliphatic heterocycles. The molecule has 0 unspecified atom stereocenters. The lowest BCUT2D eigenvalue weighted by Gasteiger charge is -2.38. The molecule has 2 aromatic carbocycles. The lowest BCUT2D eigenvalue weighted by atomic mass is 9.92. The Morgan fingerprint density at radius 2 is 1.19 bits per heavy atom. The summed E-state index contributed by atoms with van der Waals surface area (Å²) in [5.74, 6) is 0. The van der Waals surface area contributed by atoms with Crippen LogP contribution in [0.3, 0.4) is 0 Å². The maximum absolute atomic E-state index is 2.60. The smallest absolute Gasteiger partial charge is 0.0443 e. The maximum atomic E-state index is 2.60. The van der Waals surface area contributed by atoms with Gasteiger partial charge >= 0.3 is 0 Å². The summed E-state index contributed by atoms with van der Waals surface area (Å²) in [5.41, 5.74) is 5.48. The third-order valence-electron chi connectivity index (χ3n) is 4.69. The first-order valence-corrected chi connectivity index (χ1v) is 8.18. The Morgan fingerprint density at radius 1 is 0.714 bits per heavy atom. The van der Waals surface area contributed by atoms with Gasteiger partial charge in [-0.1, -0.05) is 55.7 Å². The molecular weight excluding hydrogens is 254 g/mol. The highest BCUT2D eigenvalue weighted by Crippen LogP contribution is 2.37. The zero-order valence-electron chi connectivity index (χ0n) is 13.2. The van der Waals surface area contributed by atoms with Crippen LogP contribution in [0.15, 0.2) is 48.5 Å². The second-order valence-corrected chi connectivity index (χ2v) is 6.23. The molecule has 1 heteroatoms. The van der Waals surface area contributed by atoms with Crippen LogP contribution >= 0.6 is 0 Å². The fourth-order valence-electron chi connectivity index (χ4n) is 3.53. The highest BCUT2D eigenvalue weighted by molar-refractivity contribution is 5.69. The lowest BCUT2D eigenvalue weighted by Crippen LogP contribution is -2.33. The lowest BCUT2D eigenvalue weighted by molar-refractivity contribution is 0.435. The molecule has 0 N–H and O–H groups in total. The number of benzene rings is 2. The molecule has 0 spiro atoms. The van der Waals surface area contributed by atoms with Crippen molar-refractivity contribution in [3.63, 3.8) is 0 Å². The Balaban J connectivity index is 2.07. The van der Waals surface area contributed by atoms with Crippen molar-refractivity contribution in [2.75, 3.05) is 4.90 Å². The minimum Gasteiger partial charge on any atom is -0.338 e. The summed E-state index contributed by atoms with van der Waals surface area (Å²) < 4.78 is 0. The van der Waals surface area contributed by atoms with E-state index in [-0.39, 0.29) is 0 Å². The van der Waals surface area contributed by atoms with Crippen LogP contribution in [0.1, 0.15) is 43.2 Å². The van der Waals surface area contributed by atoms with Gasteiger partial charge in [0, 0.05) is 17.4 Å². The summed E-state index contributed by atoms with van der Waals surface area (Å²) >= 11 is 0. The minimum absolute atomic E-state index is 0.640. The molecule has 1 nitrogen and oxygen atoms in total. The molecule has 1 saturated carbocycles. The van der Waals surface area contributed by atoms with Crippen molar-refractivity contribution in [1.82, 2.24) is 0 Å². The highest BCUT2D eigenvalue weighted by atomic mass is 15.2. The van der Waals surface area contributed by atoms with Crippen LogP contribution in [0.4, 0.5) is 11.4 Å². The average Bonchev–Trinajstić information content (AvgIpc) is 2.52. The Bertz CT molecular complexity index is 551. The molecule has 0 amide bonds. The molecule has 1 fully saturated rings. The SMILES string of the molecule is Cc1ccccc1N(c1ccccc1C)C1CCCCC1. The van der Waals surface area contributed by atoms with Gasteiger partial charge in [-0.15, -0.1) is 0 Å². The molecule has 0 heterocycles. The van der Waals surface area contributed by atoms with E-state index in [1.165, 1.54) is 54.6 Å². The first-order chi connectivity index (χ1) is 10.3. The van der Waals surface area contributed by atoms with Crippen molar-refractivity contribution in [2.45, 2.75) is 52.0 Å². The summed E-state index contributed by atoms with van der Waals surface area (Å²) in [6.45, 7) is 4.45. The molecule has 1 aliphatic carbocycles. The van der Waals surface area contributed by atoms with Crippen molar-refractivity contribution in [3.8, 4) is 0 Å². The second kappa shape index (κ2) is 6.34. The molecule has 0 atom stereocenters. The van der Waals surface area contributed by atoms with Crippen molar-refractivity contribution in [1.29, 1.82) is 0 Å². The predicted octanol–water partition coefficient (Wildman–Crippen LogP) is 5.77. The van der Waals surface area contributed by atoms with Gasteiger partial charge in [0.1, 0.15) is 0 Å². The largest absolute Gasteiger partial charge is 0.338 e. The summed E-state index contributed by atoms with van der Waals surface area (Å²) in [4.78, 5) is 2.60. The number of aryl methyl sites for hydroxylation is 2. The molecular formula is C20H25N. The van der Waals surface area contributed by atoms with Gasteiger partial charge in [-0.3, -0.25) is 0 Å². The van der Waals surface area contributed by atoms with Crippen LogP contribution in [0.2, 0.25) is 0 Å². The van der Waals surface area contributed by atoms with Crippen molar-refractivity contribution >= 4 is 11.4 Å².